The Kier molecular flexibility index (Phi) is 6.82. The van der Waals surface area contributed by atoms with Gasteiger partial charge in [-0.2, -0.15) is 5.01 Å². The fourth-order valence-corrected chi connectivity index (χ4v) is 3.74. The predicted molar refractivity (Wildman–Crippen MR) is 102 cm³/mol. The Morgan fingerprint density at radius 3 is 2.19 bits per heavy atom. The normalized spacial score (nSPS) is 19.7. The highest BCUT2D eigenvalue weighted by atomic mass is 16.7. The molecular formula is C20H29N3O4. The smallest absolute Gasteiger partial charge is 0.248 e. The maximum Gasteiger partial charge on any atom is 0.248 e. The number of carbonyl (C=O) groups excluding carboxylic acids is 2. The van der Waals surface area contributed by atoms with Crippen LogP contribution in [0.15, 0.2) is 24.3 Å². The first-order valence-corrected chi connectivity index (χ1v) is 9.61. The van der Waals surface area contributed by atoms with Gasteiger partial charge in [-0.15, -0.1) is 0 Å². The average molecular weight is 375 g/mol. The average Bonchev–Trinajstić information content (AvgIpc) is 2.70. The molecule has 2 fully saturated rings. The van der Waals surface area contributed by atoms with E-state index in [1.807, 2.05) is 12.1 Å². The fraction of sp³-hybridized carbons (Fsp3) is 0.600. The topological polar surface area (TPSA) is 71.1 Å². The molecule has 2 heterocycles. The van der Waals surface area contributed by atoms with Crippen LogP contribution in [0.1, 0.15) is 43.6 Å². The van der Waals surface area contributed by atoms with Gasteiger partial charge in [-0.1, -0.05) is 12.1 Å². The van der Waals surface area contributed by atoms with Gasteiger partial charge in [-0.3, -0.25) is 19.9 Å². The molecule has 0 unspecified atom stereocenters. The number of nitrogens with zero attached hydrogens (tertiary/aromatic N) is 2. The van der Waals surface area contributed by atoms with Crippen molar-refractivity contribution in [3.05, 3.63) is 29.8 Å². The third kappa shape index (κ3) is 5.06. The van der Waals surface area contributed by atoms with Crippen LogP contribution in [0.2, 0.25) is 0 Å². The Hall–Kier alpha value is -1.96. The minimum Gasteiger partial charge on any atom is -0.355 e. The molecule has 0 aliphatic carbocycles. The summed E-state index contributed by atoms with van der Waals surface area (Å²) in [5.74, 6) is 0.207. The van der Waals surface area contributed by atoms with Crippen LogP contribution in [0.3, 0.4) is 0 Å². The number of piperidine rings is 2. The molecule has 0 saturated carbocycles. The zero-order valence-electron chi connectivity index (χ0n) is 16.1. The Balaban J connectivity index is 1.52. The van der Waals surface area contributed by atoms with Crippen LogP contribution < -0.4 is 5.43 Å². The van der Waals surface area contributed by atoms with Gasteiger partial charge in [0.25, 0.3) is 0 Å². The molecule has 1 aromatic rings. The molecule has 2 amide bonds. The number of carbonyl (C=O) groups is 2. The van der Waals surface area contributed by atoms with E-state index < -0.39 is 0 Å². The lowest BCUT2D eigenvalue weighted by atomic mass is 9.89. The Morgan fingerprint density at radius 1 is 1.04 bits per heavy atom. The van der Waals surface area contributed by atoms with Crippen molar-refractivity contribution >= 4 is 17.5 Å². The second kappa shape index (κ2) is 9.30. The number of ether oxygens (including phenoxy) is 2. The highest BCUT2D eigenvalue weighted by Crippen LogP contribution is 2.29. The lowest BCUT2D eigenvalue weighted by Crippen LogP contribution is -2.44. The molecule has 3 rings (SSSR count). The Labute approximate surface area is 160 Å². The molecule has 2 aliphatic heterocycles. The monoisotopic (exact) mass is 375 g/mol. The van der Waals surface area contributed by atoms with Crippen LogP contribution in [0, 0.1) is 0 Å². The molecule has 0 radical (unpaired) electrons. The second-order valence-electron chi connectivity index (χ2n) is 7.19. The van der Waals surface area contributed by atoms with Crippen LogP contribution in [0.5, 0.6) is 0 Å². The number of imide groups is 1. The van der Waals surface area contributed by atoms with Crippen molar-refractivity contribution in [3.63, 3.8) is 0 Å². The fourth-order valence-electron chi connectivity index (χ4n) is 3.74. The number of anilines is 1. The van der Waals surface area contributed by atoms with Crippen LogP contribution in [-0.2, 0) is 19.1 Å². The number of rotatable bonds is 7. The summed E-state index contributed by atoms with van der Waals surface area (Å²) in [6.07, 6.45) is 3.49. The summed E-state index contributed by atoms with van der Waals surface area (Å²) in [5.41, 5.74) is 5.01. The van der Waals surface area contributed by atoms with Crippen molar-refractivity contribution in [2.75, 3.05) is 39.3 Å². The van der Waals surface area contributed by atoms with Crippen molar-refractivity contribution in [3.8, 4) is 0 Å². The lowest BCUT2D eigenvalue weighted by Gasteiger charge is -2.33. The van der Waals surface area contributed by atoms with E-state index in [4.69, 9.17) is 9.47 Å². The van der Waals surface area contributed by atoms with Crippen molar-refractivity contribution in [1.29, 1.82) is 0 Å². The van der Waals surface area contributed by atoms with E-state index in [9.17, 15) is 9.59 Å². The maximum atomic E-state index is 11.9. The number of nitrogens with one attached hydrogen (secondary N) is 1. The molecular weight excluding hydrogens is 346 g/mol. The van der Waals surface area contributed by atoms with Crippen molar-refractivity contribution < 1.29 is 19.1 Å². The van der Waals surface area contributed by atoms with E-state index in [1.165, 1.54) is 5.56 Å². The van der Waals surface area contributed by atoms with Crippen molar-refractivity contribution in [2.45, 2.75) is 44.3 Å². The zero-order chi connectivity index (χ0) is 19.2. The molecule has 148 valence electrons. The first kappa shape index (κ1) is 19.8. The molecule has 1 N–H and O–H groups in total. The van der Waals surface area contributed by atoms with E-state index in [2.05, 4.69) is 22.5 Å². The van der Waals surface area contributed by atoms with E-state index in [-0.39, 0.29) is 18.1 Å². The SMILES string of the molecule is COC(CN1CCC(c2ccc(NN3C(=O)CCCC3=O)cc2)CC1)OC. The van der Waals surface area contributed by atoms with Gasteiger partial charge in [0.05, 0.1) is 5.69 Å². The van der Waals surface area contributed by atoms with Gasteiger partial charge in [-0.25, -0.2) is 0 Å². The van der Waals surface area contributed by atoms with Gasteiger partial charge < -0.3 is 9.47 Å². The third-order valence-corrected chi connectivity index (χ3v) is 5.42. The minimum absolute atomic E-state index is 0.159. The van der Waals surface area contributed by atoms with Crippen LogP contribution in [0.4, 0.5) is 5.69 Å². The maximum absolute atomic E-state index is 11.9. The van der Waals surface area contributed by atoms with Gasteiger partial charge in [0.2, 0.25) is 11.8 Å². The molecule has 2 aliphatic rings. The van der Waals surface area contributed by atoms with E-state index >= 15 is 0 Å². The van der Waals surface area contributed by atoms with E-state index in [0.29, 0.717) is 25.2 Å². The molecule has 7 heteroatoms. The molecule has 2 saturated heterocycles. The summed E-state index contributed by atoms with van der Waals surface area (Å²) < 4.78 is 10.6. The predicted octanol–water partition coefficient (Wildman–Crippen LogP) is 2.35. The number of hydrogen-bond donors (Lipinski definition) is 1. The van der Waals surface area contributed by atoms with Crippen molar-refractivity contribution in [2.24, 2.45) is 0 Å². The van der Waals surface area contributed by atoms with Gasteiger partial charge in [0.1, 0.15) is 0 Å². The molecule has 7 nitrogen and oxygen atoms in total. The lowest BCUT2D eigenvalue weighted by molar-refractivity contribution is -0.146. The zero-order valence-corrected chi connectivity index (χ0v) is 16.1. The summed E-state index contributed by atoms with van der Waals surface area (Å²) >= 11 is 0. The quantitative estimate of drug-likeness (QED) is 0.583. The largest absolute Gasteiger partial charge is 0.355 e. The highest BCUT2D eigenvalue weighted by Gasteiger charge is 2.26. The molecule has 1 aromatic carbocycles. The molecule has 0 spiro atoms. The highest BCUT2D eigenvalue weighted by molar-refractivity contribution is 5.98. The van der Waals surface area contributed by atoms with Gasteiger partial charge in [0, 0.05) is 33.6 Å². The molecule has 0 aromatic heterocycles. The van der Waals surface area contributed by atoms with Gasteiger partial charge in [0.15, 0.2) is 6.29 Å². The summed E-state index contributed by atoms with van der Waals surface area (Å²) in [6.45, 7) is 2.83. The Bertz CT molecular complexity index is 621. The molecule has 0 atom stereocenters. The summed E-state index contributed by atoms with van der Waals surface area (Å²) in [6, 6.07) is 8.08. The molecule has 27 heavy (non-hydrogen) atoms. The van der Waals surface area contributed by atoms with Gasteiger partial charge in [-0.05, 0) is 56.0 Å². The third-order valence-electron chi connectivity index (χ3n) is 5.42. The van der Waals surface area contributed by atoms with E-state index in [1.54, 1.807) is 14.2 Å². The number of benzene rings is 1. The van der Waals surface area contributed by atoms with Crippen LogP contribution in [0.25, 0.3) is 0 Å². The van der Waals surface area contributed by atoms with Crippen LogP contribution in [-0.4, -0.2) is 61.9 Å². The van der Waals surface area contributed by atoms with Gasteiger partial charge >= 0.3 is 0 Å². The van der Waals surface area contributed by atoms with E-state index in [0.717, 1.165) is 43.2 Å². The number of methoxy groups -OCH3 is 2. The summed E-state index contributed by atoms with van der Waals surface area (Å²) in [4.78, 5) is 26.2. The second-order valence-corrected chi connectivity index (χ2v) is 7.19. The number of amides is 2. The van der Waals surface area contributed by atoms with Crippen LogP contribution >= 0.6 is 0 Å². The summed E-state index contributed by atoms with van der Waals surface area (Å²) in [5, 5.41) is 1.15. The Morgan fingerprint density at radius 2 is 1.63 bits per heavy atom. The number of hydrazine groups is 1. The molecule has 0 bridgehead atoms. The number of hydrogen-bond acceptors (Lipinski definition) is 6. The first-order chi connectivity index (χ1) is 13.1. The first-order valence-electron chi connectivity index (χ1n) is 9.61. The van der Waals surface area contributed by atoms with Crippen molar-refractivity contribution in [1.82, 2.24) is 9.91 Å². The summed E-state index contributed by atoms with van der Waals surface area (Å²) in [7, 11) is 3.34. The standard InChI is InChI=1S/C20H29N3O4/c1-26-20(27-2)14-22-12-10-16(11-13-22)15-6-8-17(9-7-15)21-23-18(24)4-3-5-19(23)25/h6-9,16,20-21H,3-5,10-14H2,1-2H3. The number of likely N-dealkylation sites (tertiary alicyclic amines) is 1. The minimum atomic E-state index is -0.174.